The molecule has 0 spiro atoms. The van der Waals surface area contributed by atoms with Crippen molar-refractivity contribution in [3.05, 3.63) is 56.5 Å². The summed E-state index contributed by atoms with van der Waals surface area (Å²) >= 11 is 7.80. The first-order valence-electron chi connectivity index (χ1n) is 6.83. The van der Waals surface area contributed by atoms with Crippen LogP contribution < -0.4 is 5.32 Å². The molecule has 0 aliphatic carbocycles. The molecule has 1 unspecified atom stereocenters. The lowest BCUT2D eigenvalue weighted by atomic mass is 10.0. The Labute approximate surface area is 128 Å². The molecule has 0 bridgehead atoms. The van der Waals surface area contributed by atoms with Crippen LogP contribution in [0.3, 0.4) is 0 Å². The Kier molecular flexibility index (Phi) is 5.58. The van der Waals surface area contributed by atoms with Gasteiger partial charge in [0, 0.05) is 10.9 Å². The van der Waals surface area contributed by atoms with E-state index in [0.29, 0.717) is 0 Å². The molecule has 1 heterocycles. The zero-order valence-corrected chi connectivity index (χ0v) is 13.3. The number of aryl methyl sites for hydroxylation is 1. The van der Waals surface area contributed by atoms with Crippen molar-refractivity contribution < 1.29 is 4.39 Å². The molecular weight excluding hydrogens is 293 g/mol. The zero-order chi connectivity index (χ0) is 14.5. The molecular formula is C16H19ClFNS. The lowest BCUT2D eigenvalue weighted by molar-refractivity contribution is 0.535. The molecule has 108 valence electrons. The highest BCUT2D eigenvalue weighted by molar-refractivity contribution is 7.16. The smallest absolute Gasteiger partial charge is 0.123 e. The largest absolute Gasteiger partial charge is 0.309 e. The third-order valence-electron chi connectivity index (χ3n) is 3.21. The summed E-state index contributed by atoms with van der Waals surface area (Å²) in [7, 11) is 0. The first kappa shape index (κ1) is 15.5. The van der Waals surface area contributed by atoms with Crippen molar-refractivity contribution >= 4 is 22.9 Å². The average molecular weight is 312 g/mol. The Morgan fingerprint density at radius 1 is 1.30 bits per heavy atom. The highest BCUT2D eigenvalue weighted by Crippen LogP contribution is 2.32. The summed E-state index contributed by atoms with van der Waals surface area (Å²) in [4.78, 5) is 1.24. The fourth-order valence-corrected chi connectivity index (χ4v) is 3.40. The van der Waals surface area contributed by atoms with Crippen LogP contribution in [0.15, 0.2) is 30.3 Å². The van der Waals surface area contributed by atoms with Gasteiger partial charge in [-0.3, -0.25) is 0 Å². The molecule has 1 aromatic heterocycles. The van der Waals surface area contributed by atoms with Crippen LogP contribution in [0.1, 0.15) is 35.4 Å². The number of hydrogen-bond acceptors (Lipinski definition) is 2. The summed E-state index contributed by atoms with van der Waals surface area (Å²) in [5.41, 5.74) is 2.25. The maximum atomic E-state index is 13.0. The van der Waals surface area contributed by atoms with Gasteiger partial charge >= 0.3 is 0 Å². The molecule has 4 heteroatoms. The molecule has 2 rings (SSSR count). The Morgan fingerprint density at radius 2 is 2.00 bits per heavy atom. The highest BCUT2D eigenvalue weighted by atomic mass is 35.5. The fourth-order valence-electron chi connectivity index (χ4n) is 2.10. The molecule has 0 aliphatic heterocycles. The first-order valence-corrected chi connectivity index (χ1v) is 8.03. The van der Waals surface area contributed by atoms with Gasteiger partial charge in [0.15, 0.2) is 0 Å². The minimum Gasteiger partial charge on any atom is -0.309 e. The number of thiophene rings is 1. The summed E-state index contributed by atoms with van der Waals surface area (Å²) in [6, 6.07) is 9.09. The van der Waals surface area contributed by atoms with E-state index >= 15 is 0 Å². The normalized spacial score (nSPS) is 12.6. The molecule has 20 heavy (non-hydrogen) atoms. The van der Waals surface area contributed by atoms with E-state index in [9.17, 15) is 4.39 Å². The third-order valence-corrected chi connectivity index (χ3v) is 4.88. The Morgan fingerprint density at radius 3 is 2.55 bits per heavy atom. The van der Waals surface area contributed by atoms with E-state index < -0.39 is 0 Å². The number of rotatable bonds is 6. The van der Waals surface area contributed by atoms with E-state index in [1.165, 1.54) is 17.0 Å². The van der Waals surface area contributed by atoms with Crippen LogP contribution in [0.4, 0.5) is 4.39 Å². The molecule has 0 saturated carbocycles. The molecule has 2 aromatic rings. The van der Waals surface area contributed by atoms with E-state index in [-0.39, 0.29) is 11.9 Å². The highest BCUT2D eigenvalue weighted by Gasteiger charge is 2.15. The van der Waals surface area contributed by atoms with Crippen molar-refractivity contribution in [2.75, 3.05) is 6.54 Å². The zero-order valence-electron chi connectivity index (χ0n) is 11.7. The standard InChI is InChI=1S/C16H19ClFNS/c1-3-8-19-14(15-9-11(2)16(17)20-15)10-12-4-6-13(18)7-5-12/h4-7,9,14,19H,3,8,10H2,1-2H3. The minimum absolute atomic E-state index is 0.193. The summed E-state index contributed by atoms with van der Waals surface area (Å²) < 4.78 is 13.8. The van der Waals surface area contributed by atoms with E-state index in [1.807, 2.05) is 19.1 Å². The number of nitrogens with one attached hydrogen (secondary N) is 1. The van der Waals surface area contributed by atoms with Crippen LogP contribution >= 0.6 is 22.9 Å². The molecule has 0 radical (unpaired) electrons. The molecule has 0 fully saturated rings. The van der Waals surface area contributed by atoms with Crippen molar-refractivity contribution in [3.63, 3.8) is 0 Å². The maximum Gasteiger partial charge on any atom is 0.123 e. The van der Waals surface area contributed by atoms with Gasteiger partial charge in [-0.15, -0.1) is 11.3 Å². The molecule has 0 aliphatic rings. The summed E-state index contributed by atoms with van der Waals surface area (Å²) in [5.74, 6) is -0.193. The van der Waals surface area contributed by atoms with Crippen LogP contribution in [-0.2, 0) is 6.42 Å². The third kappa shape index (κ3) is 4.05. The predicted octanol–water partition coefficient (Wildman–Crippen LogP) is 5.13. The van der Waals surface area contributed by atoms with Gasteiger partial charge in [-0.05, 0) is 55.6 Å². The van der Waals surface area contributed by atoms with Crippen molar-refractivity contribution in [2.24, 2.45) is 0 Å². The monoisotopic (exact) mass is 311 g/mol. The van der Waals surface area contributed by atoms with Crippen molar-refractivity contribution in [1.82, 2.24) is 5.32 Å². The number of hydrogen-bond donors (Lipinski definition) is 1. The van der Waals surface area contributed by atoms with Crippen molar-refractivity contribution in [3.8, 4) is 0 Å². The Hall–Kier alpha value is -0.900. The topological polar surface area (TPSA) is 12.0 Å². The van der Waals surface area contributed by atoms with Crippen LogP contribution in [0.5, 0.6) is 0 Å². The quantitative estimate of drug-likeness (QED) is 0.779. The van der Waals surface area contributed by atoms with Gasteiger partial charge in [0.25, 0.3) is 0 Å². The molecule has 1 atom stereocenters. The van der Waals surface area contributed by atoms with E-state index in [1.54, 1.807) is 11.3 Å². The molecule has 0 amide bonds. The van der Waals surface area contributed by atoms with Crippen molar-refractivity contribution in [2.45, 2.75) is 32.7 Å². The predicted molar refractivity (Wildman–Crippen MR) is 85.2 cm³/mol. The van der Waals surface area contributed by atoms with Crippen molar-refractivity contribution in [1.29, 1.82) is 0 Å². The number of benzene rings is 1. The van der Waals surface area contributed by atoms with E-state index in [2.05, 4.69) is 18.3 Å². The van der Waals surface area contributed by atoms with Gasteiger partial charge in [-0.25, -0.2) is 4.39 Å². The van der Waals surface area contributed by atoms with Crippen LogP contribution in [0, 0.1) is 12.7 Å². The summed E-state index contributed by atoms with van der Waals surface area (Å²) in [6.07, 6.45) is 1.93. The van der Waals surface area contributed by atoms with Gasteiger partial charge in [-0.1, -0.05) is 30.7 Å². The van der Waals surface area contributed by atoms with Crippen LogP contribution in [-0.4, -0.2) is 6.54 Å². The maximum absolute atomic E-state index is 13.0. The molecule has 1 N–H and O–H groups in total. The SMILES string of the molecule is CCCNC(Cc1ccc(F)cc1)c1cc(C)c(Cl)s1. The summed E-state index contributed by atoms with van der Waals surface area (Å²) in [5, 5.41) is 3.55. The van der Waals surface area contributed by atoms with E-state index in [4.69, 9.17) is 11.6 Å². The van der Waals surface area contributed by atoms with Gasteiger partial charge in [-0.2, -0.15) is 0 Å². The van der Waals surface area contributed by atoms with Crippen LogP contribution in [0.25, 0.3) is 0 Å². The lowest BCUT2D eigenvalue weighted by Gasteiger charge is -2.17. The fraction of sp³-hybridized carbons (Fsp3) is 0.375. The van der Waals surface area contributed by atoms with Gasteiger partial charge in [0.2, 0.25) is 0 Å². The van der Waals surface area contributed by atoms with Gasteiger partial charge < -0.3 is 5.32 Å². The average Bonchev–Trinajstić information content (AvgIpc) is 2.77. The molecule has 1 nitrogen and oxygen atoms in total. The lowest BCUT2D eigenvalue weighted by Crippen LogP contribution is -2.23. The second-order valence-corrected chi connectivity index (χ2v) is 6.63. The van der Waals surface area contributed by atoms with Crippen LogP contribution in [0.2, 0.25) is 4.34 Å². The second kappa shape index (κ2) is 7.21. The molecule has 1 aromatic carbocycles. The Bertz CT molecular complexity index is 531. The summed E-state index contributed by atoms with van der Waals surface area (Å²) in [6.45, 7) is 5.13. The van der Waals surface area contributed by atoms with E-state index in [0.717, 1.165) is 34.8 Å². The second-order valence-electron chi connectivity index (χ2n) is 4.94. The molecule has 0 saturated heterocycles. The number of halogens is 2. The van der Waals surface area contributed by atoms with Gasteiger partial charge in [0.1, 0.15) is 5.82 Å². The first-order chi connectivity index (χ1) is 9.60. The minimum atomic E-state index is -0.193. The van der Waals surface area contributed by atoms with Gasteiger partial charge in [0.05, 0.1) is 4.34 Å². The Balaban J connectivity index is 2.16.